The minimum absolute atomic E-state index is 0.488. The Morgan fingerprint density at radius 2 is 2.39 bits per heavy atom. The van der Waals surface area contributed by atoms with Gasteiger partial charge in [0, 0.05) is 36.6 Å². The van der Waals surface area contributed by atoms with Crippen molar-refractivity contribution < 1.29 is 4.74 Å². The van der Waals surface area contributed by atoms with Gasteiger partial charge in [0.05, 0.1) is 17.0 Å². The van der Waals surface area contributed by atoms with Crippen LogP contribution in [0, 0.1) is 0 Å². The lowest BCUT2D eigenvalue weighted by Crippen LogP contribution is -2.50. The first-order valence-corrected chi connectivity index (χ1v) is 8.05. The monoisotopic (exact) mass is 332 g/mol. The molecule has 1 aliphatic heterocycles. The van der Waals surface area contributed by atoms with Crippen LogP contribution < -0.4 is 5.32 Å². The molecule has 1 aromatic rings. The number of thiophene rings is 1. The maximum Gasteiger partial charge on any atom is 0.0701 e. The first-order chi connectivity index (χ1) is 8.65. The van der Waals surface area contributed by atoms with Gasteiger partial charge in [-0.3, -0.25) is 4.90 Å². The molecule has 2 heterocycles. The Kier molecular flexibility index (Phi) is 5.63. The number of morpholine rings is 1. The molecule has 102 valence electrons. The molecule has 0 saturated carbocycles. The van der Waals surface area contributed by atoms with Gasteiger partial charge in [-0.2, -0.15) is 0 Å². The summed E-state index contributed by atoms with van der Waals surface area (Å²) < 4.78 is 6.81. The summed E-state index contributed by atoms with van der Waals surface area (Å²) in [5.74, 6) is 0. The Labute approximate surface area is 122 Å². The van der Waals surface area contributed by atoms with E-state index in [-0.39, 0.29) is 0 Å². The van der Waals surface area contributed by atoms with Crippen LogP contribution >= 0.6 is 27.3 Å². The van der Waals surface area contributed by atoms with Crippen molar-refractivity contribution in [3.05, 3.63) is 20.8 Å². The van der Waals surface area contributed by atoms with E-state index < -0.39 is 0 Å². The molecule has 2 rings (SSSR count). The van der Waals surface area contributed by atoms with Crippen molar-refractivity contribution in [1.82, 2.24) is 10.2 Å². The Bertz CT molecular complexity index is 370. The van der Waals surface area contributed by atoms with E-state index in [1.165, 1.54) is 8.66 Å². The van der Waals surface area contributed by atoms with E-state index in [9.17, 15) is 0 Å². The van der Waals surface area contributed by atoms with Crippen LogP contribution in [0.25, 0.3) is 0 Å². The van der Waals surface area contributed by atoms with Crippen molar-refractivity contribution in [1.29, 1.82) is 0 Å². The number of halogens is 1. The van der Waals surface area contributed by atoms with Crippen LogP contribution in [-0.2, 0) is 11.3 Å². The molecule has 1 aromatic heterocycles. The topological polar surface area (TPSA) is 24.5 Å². The smallest absolute Gasteiger partial charge is 0.0701 e. The van der Waals surface area contributed by atoms with Crippen LogP contribution in [0.5, 0.6) is 0 Å². The van der Waals surface area contributed by atoms with Gasteiger partial charge in [-0.25, -0.2) is 0 Å². The highest BCUT2D eigenvalue weighted by Crippen LogP contribution is 2.24. The lowest BCUT2D eigenvalue weighted by Gasteiger charge is -2.35. The molecule has 5 heteroatoms. The predicted octanol–water partition coefficient (Wildman–Crippen LogP) is 2.71. The van der Waals surface area contributed by atoms with Crippen molar-refractivity contribution in [2.75, 3.05) is 26.3 Å². The quantitative estimate of drug-likeness (QED) is 0.897. The van der Waals surface area contributed by atoms with Crippen LogP contribution in [-0.4, -0.2) is 43.3 Å². The third kappa shape index (κ3) is 4.31. The van der Waals surface area contributed by atoms with Gasteiger partial charge < -0.3 is 10.1 Å². The molecular weight excluding hydrogens is 312 g/mol. The normalized spacial score (nSPS) is 21.7. The molecule has 1 aliphatic rings. The third-order valence-electron chi connectivity index (χ3n) is 3.10. The molecule has 1 atom stereocenters. The second-order valence-electron chi connectivity index (χ2n) is 4.97. The van der Waals surface area contributed by atoms with Crippen molar-refractivity contribution in [3.63, 3.8) is 0 Å². The van der Waals surface area contributed by atoms with Gasteiger partial charge in [0.25, 0.3) is 0 Å². The molecule has 3 nitrogen and oxygen atoms in total. The lowest BCUT2D eigenvalue weighted by atomic mass is 10.2. The van der Waals surface area contributed by atoms with E-state index in [2.05, 4.69) is 52.1 Å². The summed E-state index contributed by atoms with van der Waals surface area (Å²) in [6.45, 7) is 9.13. The van der Waals surface area contributed by atoms with E-state index in [1.807, 2.05) is 11.3 Å². The average molecular weight is 333 g/mol. The predicted molar refractivity (Wildman–Crippen MR) is 80.2 cm³/mol. The van der Waals surface area contributed by atoms with Crippen molar-refractivity contribution >= 4 is 27.3 Å². The van der Waals surface area contributed by atoms with E-state index in [4.69, 9.17) is 4.74 Å². The van der Waals surface area contributed by atoms with E-state index in [0.29, 0.717) is 12.1 Å². The molecule has 18 heavy (non-hydrogen) atoms. The van der Waals surface area contributed by atoms with Gasteiger partial charge in [-0.05, 0) is 28.1 Å². The lowest BCUT2D eigenvalue weighted by molar-refractivity contribution is -0.0110. The highest BCUT2D eigenvalue weighted by Gasteiger charge is 2.23. The molecule has 0 amide bonds. The molecular formula is C13H21BrN2OS. The minimum atomic E-state index is 0.488. The third-order valence-corrected chi connectivity index (χ3v) is 4.71. The van der Waals surface area contributed by atoms with E-state index >= 15 is 0 Å². The Morgan fingerprint density at radius 3 is 3.06 bits per heavy atom. The van der Waals surface area contributed by atoms with Gasteiger partial charge in [0.1, 0.15) is 0 Å². The maximum absolute atomic E-state index is 5.60. The molecule has 0 aliphatic carbocycles. The number of rotatable bonds is 5. The van der Waals surface area contributed by atoms with Crippen molar-refractivity contribution in [3.8, 4) is 0 Å². The molecule has 0 aromatic carbocycles. The summed E-state index contributed by atoms with van der Waals surface area (Å²) in [4.78, 5) is 3.94. The summed E-state index contributed by atoms with van der Waals surface area (Å²) in [5, 5.41) is 3.51. The average Bonchev–Trinajstić information content (AvgIpc) is 2.73. The van der Waals surface area contributed by atoms with Crippen LogP contribution in [0.2, 0.25) is 0 Å². The fourth-order valence-corrected chi connectivity index (χ4v) is 3.60. The molecule has 1 N–H and O–H groups in total. The molecule has 1 unspecified atom stereocenters. The summed E-state index contributed by atoms with van der Waals surface area (Å²) in [7, 11) is 0. The van der Waals surface area contributed by atoms with Crippen molar-refractivity contribution in [2.45, 2.75) is 32.5 Å². The number of ether oxygens (including phenoxy) is 1. The second kappa shape index (κ2) is 7.01. The zero-order valence-corrected chi connectivity index (χ0v) is 13.4. The highest BCUT2D eigenvalue weighted by molar-refractivity contribution is 9.11. The van der Waals surface area contributed by atoms with Crippen LogP contribution in [0.15, 0.2) is 15.9 Å². The number of nitrogens with one attached hydrogen (secondary N) is 1. The van der Waals surface area contributed by atoms with Gasteiger partial charge >= 0.3 is 0 Å². The Morgan fingerprint density at radius 1 is 1.56 bits per heavy atom. The standard InChI is InChI=1S/C13H21BrN2OS/c1-10(2)15-7-11-9-17-6-5-16(11)8-12-3-4-13(14)18-12/h3-4,10-11,15H,5-9H2,1-2H3. The van der Waals surface area contributed by atoms with Crippen LogP contribution in [0.3, 0.4) is 0 Å². The summed E-state index contributed by atoms with van der Waals surface area (Å²) in [5.41, 5.74) is 0. The largest absolute Gasteiger partial charge is 0.378 e. The van der Waals surface area contributed by atoms with Gasteiger partial charge in [-0.1, -0.05) is 13.8 Å². The second-order valence-corrected chi connectivity index (χ2v) is 7.52. The minimum Gasteiger partial charge on any atom is -0.378 e. The number of nitrogens with zero attached hydrogens (tertiary/aromatic N) is 1. The van der Waals surface area contributed by atoms with Crippen molar-refractivity contribution in [2.24, 2.45) is 0 Å². The van der Waals surface area contributed by atoms with Crippen LogP contribution in [0.4, 0.5) is 0 Å². The number of hydrogen-bond donors (Lipinski definition) is 1. The summed E-state index contributed by atoms with van der Waals surface area (Å²) in [6.07, 6.45) is 0. The zero-order valence-electron chi connectivity index (χ0n) is 11.0. The molecule has 0 radical (unpaired) electrons. The molecule has 0 bridgehead atoms. The van der Waals surface area contributed by atoms with Crippen LogP contribution in [0.1, 0.15) is 18.7 Å². The fourth-order valence-electron chi connectivity index (χ4n) is 2.09. The summed E-state index contributed by atoms with van der Waals surface area (Å²) in [6, 6.07) is 5.35. The van der Waals surface area contributed by atoms with Gasteiger partial charge in [0.2, 0.25) is 0 Å². The highest BCUT2D eigenvalue weighted by atomic mass is 79.9. The zero-order chi connectivity index (χ0) is 13.0. The molecule has 1 fully saturated rings. The summed E-state index contributed by atoms with van der Waals surface area (Å²) >= 11 is 5.35. The Hall–Kier alpha value is 0.0600. The van der Waals surface area contributed by atoms with E-state index in [0.717, 1.165) is 32.8 Å². The van der Waals surface area contributed by atoms with Gasteiger partial charge in [0.15, 0.2) is 0 Å². The first-order valence-electron chi connectivity index (χ1n) is 6.44. The Balaban J connectivity index is 1.90. The number of hydrogen-bond acceptors (Lipinski definition) is 4. The molecule has 0 spiro atoms. The first kappa shape index (κ1) is 14.5. The molecule has 1 saturated heterocycles. The van der Waals surface area contributed by atoms with Gasteiger partial charge in [-0.15, -0.1) is 11.3 Å². The maximum atomic E-state index is 5.60. The SMILES string of the molecule is CC(C)NCC1COCCN1Cc1ccc(Br)s1. The van der Waals surface area contributed by atoms with E-state index in [1.54, 1.807) is 0 Å². The fraction of sp³-hybridized carbons (Fsp3) is 0.692.